The van der Waals surface area contributed by atoms with Crippen LogP contribution in [0.1, 0.15) is 25.3 Å². The number of anilines is 1. The molecule has 1 unspecified atom stereocenters. The van der Waals surface area contributed by atoms with Crippen molar-refractivity contribution in [2.75, 3.05) is 37.8 Å². The molecule has 1 amide bonds. The van der Waals surface area contributed by atoms with Crippen LogP contribution in [0.5, 0.6) is 0 Å². The predicted octanol–water partition coefficient (Wildman–Crippen LogP) is 4.00. The second-order valence-electron chi connectivity index (χ2n) is 6.03. The molecule has 1 aliphatic heterocycles. The van der Waals surface area contributed by atoms with E-state index in [1.807, 2.05) is 36.9 Å². The molecular weight excluding hydrogens is 483 g/mol. The van der Waals surface area contributed by atoms with Crippen LogP contribution in [-0.2, 0) is 4.79 Å². The Labute approximate surface area is 182 Å². The maximum Gasteiger partial charge on any atom is 0.226 e. The van der Waals surface area contributed by atoms with Gasteiger partial charge in [-0.05, 0) is 31.0 Å². The van der Waals surface area contributed by atoms with E-state index in [0.29, 0.717) is 23.2 Å². The highest BCUT2D eigenvalue weighted by Gasteiger charge is 2.21. The highest BCUT2D eigenvalue weighted by Crippen LogP contribution is 2.23. The number of nitrogens with one attached hydrogen (secondary N) is 2. The number of amides is 1. The van der Waals surface area contributed by atoms with E-state index in [1.165, 1.54) is 6.42 Å². The second kappa shape index (κ2) is 11.9. The van der Waals surface area contributed by atoms with Crippen LogP contribution < -0.4 is 10.6 Å². The molecule has 8 heteroatoms. The van der Waals surface area contributed by atoms with Crippen LogP contribution in [0.15, 0.2) is 23.2 Å². The maximum absolute atomic E-state index is 12.2. The van der Waals surface area contributed by atoms with Gasteiger partial charge in [0, 0.05) is 54.8 Å². The van der Waals surface area contributed by atoms with Gasteiger partial charge in [0.25, 0.3) is 0 Å². The summed E-state index contributed by atoms with van der Waals surface area (Å²) in [7, 11) is 1.79. The fraction of sp³-hybridized carbons (Fsp3) is 0.556. The first-order valence-corrected chi connectivity index (χ1v) is 10.1. The van der Waals surface area contributed by atoms with E-state index in [9.17, 15) is 4.79 Å². The zero-order valence-corrected chi connectivity index (χ0v) is 19.5. The third kappa shape index (κ3) is 6.81. The summed E-state index contributed by atoms with van der Waals surface area (Å²) < 4.78 is 0. The SMILES string of the molecule is CCC1CN(C(=NC)NCCC(=O)Nc2cccc(Cl)c2C)CCS1.I. The first-order valence-electron chi connectivity index (χ1n) is 8.67. The molecule has 1 aliphatic rings. The van der Waals surface area contributed by atoms with Crippen molar-refractivity contribution >= 4 is 64.9 Å². The van der Waals surface area contributed by atoms with Gasteiger partial charge in [0.2, 0.25) is 5.91 Å². The standard InChI is InChI=1S/C18H27ClN4OS.HI/c1-4-14-12-23(10-11-25-14)18(20-3)21-9-8-17(24)22-16-7-5-6-15(19)13(16)2;/h5-7,14H,4,8-12H2,1-3H3,(H,20,21)(H,22,24);1H. The van der Waals surface area contributed by atoms with Crippen molar-refractivity contribution in [3.05, 3.63) is 28.8 Å². The number of halogens is 2. The number of thioether (sulfide) groups is 1. The van der Waals surface area contributed by atoms with E-state index in [0.717, 1.165) is 36.1 Å². The Morgan fingerprint density at radius 2 is 2.23 bits per heavy atom. The molecule has 1 saturated heterocycles. The molecule has 1 atom stereocenters. The van der Waals surface area contributed by atoms with Gasteiger partial charge in [-0.1, -0.05) is 24.6 Å². The van der Waals surface area contributed by atoms with Crippen molar-refractivity contribution in [3.8, 4) is 0 Å². The molecule has 5 nitrogen and oxygen atoms in total. The number of rotatable bonds is 5. The molecule has 1 aromatic carbocycles. The Bertz CT molecular complexity index is 629. The molecule has 146 valence electrons. The second-order valence-corrected chi connectivity index (χ2v) is 7.85. The molecule has 2 N–H and O–H groups in total. The molecule has 0 aliphatic carbocycles. The number of hydrogen-bond donors (Lipinski definition) is 2. The lowest BCUT2D eigenvalue weighted by Crippen LogP contribution is -2.48. The fourth-order valence-corrected chi connectivity index (χ4v) is 4.09. The Hall–Kier alpha value is -0.670. The quantitative estimate of drug-likeness (QED) is 0.357. The van der Waals surface area contributed by atoms with Crippen molar-refractivity contribution in [2.24, 2.45) is 4.99 Å². The molecule has 0 saturated carbocycles. The third-order valence-corrected chi connectivity index (χ3v) is 6.06. The van der Waals surface area contributed by atoms with Gasteiger partial charge >= 0.3 is 0 Å². The van der Waals surface area contributed by atoms with Gasteiger partial charge in [-0.2, -0.15) is 11.8 Å². The smallest absolute Gasteiger partial charge is 0.226 e. The Morgan fingerprint density at radius 3 is 2.92 bits per heavy atom. The van der Waals surface area contributed by atoms with Gasteiger partial charge < -0.3 is 15.5 Å². The van der Waals surface area contributed by atoms with Crippen LogP contribution >= 0.6 is 47.3 Å². The number of nitrogens with zero attached hydrogens (tertiary/aromatic N) is 2. The number of aliphatic imine (C=N–C) groups is 1. The van der Waals surface area contributed by atoms with Gasteiger partial charge in [-0.3, -0.25) is 9.79 Å². The van der Waals surface area contributed by atoms with Crippen LogP contribution in [-0.4, -0.2) is 54.5 Å². The molecule has 1 heterocycles. The van der Waals surface area contributed by atoms with Gasteiger partial charge in [0.15, 0.2) is 5.96 Å². The summed E-state index contributed by atoms with van der Waals surface area (Å²) in [6.45, 7) is 6.68. The van der Waals surface area contributed by atoms with Crippen molar-refractivity contribution < 1.29 is 4.79 Å². The summed E-state index contributed by atoms with van der Waals surface area (Å²) in [4.78, 5) is 18.8. The van der Waals surface area contributed by atoms with Crippen LogP contribution in [0, 0.1) is 6.92 Å². The molecule has 0 aromatic heterocycles. The molecule has 0 bridgehead atoms. The lowest BCUT2D eigenvalue weighted by molar-refractivity contribution is -0.116. The molecule has 26 heavy (non-hydrogen) atoms. The van der Waals surface area contributed by atoms with Gasteiger partial charge in [0.05, 0.1) is 0 Å². The highest BCUT2D eigenvalue weighted by molar-refractivity contribution is 14.0. The zero-order valence-electron chi connectivity index (χ0n) is 15.5. The van der Waals surface area contributed by atoms with E-state index in [4.69, 9.17) is 11.6 Å². The van der Waals surface area contributed by atoms with Crippen LogP contribution in [0.4, 0.5) is 5.69 Å². The van der Waals surface area contributed by atoms with Crippen LogP contribution in [0.2, 0.25) is 5.02 Å². The number of hydrogen-bond acceptors (Lipinski definition) is 3. The fourth-order valence-electron chi connectivity index (χ4n) is 2.73. The Balaban J connectivity index is 0.00000338. The highest BCUT2D eigenvalue weighted by atomic mass is 127. The van der Waals surface area contributed by atoms with Gasteiger partial charge in [-0.15, -0.1) is 24.0 Å². The Kier molecular flexibility index (Phi) is 10.7. The van der Waals surface area contributed by atoms with Crippen LogP contribution in [0.3, 0.4) is 0 Å². The minimum atomic E-state index is -0.0334. The predicted molar refractivity (Wildman–Crippen MR) is 124 cm³/mol. The average molecular weight is 511 g/mol. The maximum atomic E-state index is 12.2. The monoisotopic (exact) mass is 510 g/mol. The van der Waals surface area contributed by atoms with Gasteiger partial charge in [-0.25, -0.2) is 0 Å². The molecule has 1 aromatic rings. The minimum Gasteiger partial charge on any atom is -0.356 e. The summed E-state index contributed by atoms with van der Waals surface area (Å²) in [5, 5.41) is 7.54. The molecule has 1 fully saturated rings. The van der Waals surface area contributed by atoms with Gasteiger partial charge in [0.1, 0.15) is 0 Å². The van der Waals surface area contributed by atoms with E-state index < -0.39 is 0 Å². The van der Waals surface area contributed by atoms with E-state index in [1.54, 1.807) is 7.05 Å². The van der Waals surface area contributed by atoms with Crippen molar-refractivity contribution in [3.63, 3.8) is 0 Å². The molecular formula is C18H28ClIN4OS. The molecule has 2 rings (SSSR count). The summed E-state index contributed by atoms with van der Waals surface area (Å²) in [6, 6.07) is 5.52. The summed E-state index contributed by atoms with van der Waals surface area (Å²) in [5.74, 6) is 1.97. The topological polar surface area (TPSA) is 56.7 Å². The Morgan fingerprint density at radius 1 is 1.46 bits per heavy atom. The lowest BCUT2D eigenvalue weighted by atomic mass is 10.2. The summed E-state index contributed by atoms with van der Waals surface area (Å²) >= 11 is 8.11. The summed E-state index contributed by atoms with van der Waals surface area (Å²) in [6.07, 6.45) is 1.55. The van der Waals surface area contributed by atoms with Crippen LogP contribution in [0.25, 0.3) is 0 Å². The van der Waals surface area contributed by atoms with E-state index >= 15 is 0 Å². The molecule has 0 spiro atoms. The van der Waals surface area contributed by atoms with Crippen molar-refractivity contribution in [2.45, 2.75) is 31.9 Å². The first-order chi connectivity index (χ1) is 12.0. The third-order valence-electron chi connectivity index (χ3n) is 4.28. The number of benzene rings is 1. The van der Waals surface area contributed by atoms with E-state index in [-0.39, 0.29) is 29.9 Å². The van der Waals surface area contributed by atoms with E-state index in [2.05, 4.69) is 27.4 Å². The number of carbonyl (C=O) groups is 1. The zero-order chi connectivity index (χ0) is 18.2. The first kappa shape index (κ1) is 23.4. The summed E-state index contributed by atoms with van der Waals surface area (Å²) in [5.41, 5.74) is 1.65. The van der Waals surface area contributed by atoms with Crippen molar-refractivity contribution in [1.29, 1.82) is 0 Å². The van der Waals surface area contributed by atoms with Crippen molar-refractivity contribution in [1.82, 2.24) is 10.2 Å². The average Bonchev–Trinajstić information content (AvgIpc) is 2.62. The minimum absolute atomic E-state index is 0. The number of carbonyl (C=O) groups excluding carboxylic acids is 1. The normalized spacial score (nSPS) is 17.5. The largest absolute Gasteiger partial charge is 0.356 e. The lowest BCUT2D eigenvalue weighted by Gasteiger charge is -2.34. The number of guanidine groups is 1. The molecule has 0 radical (unpaired) electrons.